The molecule has 0 radical (unpaired) electrons. The summed E-state index contributed by atoms with van der Waals surface area (Å²) in [5, 5.41) is 6.93. The third kappa shape index (κ3) is 6.22. The van der Waals surface area contributed by atoms with Crippen molar-refractivity contribution < 1.29 is 0 Å². The molecule has 1 aromatic carbocycles. The summed E-state index contributed by atoms with van der Waals surface area (Å²) in [7, 11) is 2.21. The van der Waals surface area contributed by atoms with Gasteiger partial charge in [0.25, 0.3) is 0 Å². The van der Waals surface area contributed by atoms with E-state index < -0.39 is 0 Å². The highest BCUT2D eigenvalue weighted by molar-refractivity contribution is 5.79. The highest BCUT2D eigenvalue weighted by atomic mass is 15.2. The van der Waals surface area contributed by atoms with Crippen molar-refractivity contribution >= 4 is 5.96 Å². The normalized spacial score (nSPS) is 20.4. The van der Waals surface area contributed by atoms with E-state index in [1.54, 1.807) is 0 Å². The zero-order valence-electron chi connectivity index (χ0n) is 17.2. The van der Waals surface area contributed by atoms with E-state index in [-0.39, 0.29) is 5.41 Å². The molecule has 0 spiro atoms. The maximum atomic E-state index is 4.90. The van der Waals surface area contributed by atoms with Gasteiger partial charge in [0.2, 0.25) is 0 Å². The number of hydrogen-bond acceptors (Lipinski definition) is 3. The molecule has 0 atom stereocenters. The summed E-state index contributed by atoms with van der Waals surface area (Å²) in [6.07, 6.45) is 4.96. The number of hydrogen-bond donors (Lipinski definition) is 2. The number of nitrogens with zero attached hydrogens (tertiary/aromatic N) is 3. The maximum Gasteiger partial charge on any atom is 0.191 e. The smallest absolute Gasteiger partial charge is 0.191 e. The molecule has 1 saturated heterocycles. The third-order valence-electron chi connectivity index (χ3n) is 5.91. The highest BCUT2D eigenvalue weighted by Gasteiger charge is 2.43. The van der Waals surface area contributed by atoms with Gasteiger partial charge in [-0.25, -0.2) is 0 Å². The first kappa shape index (κ1) is 20.2. The lowest BCUT2D eigenvalue weighted by Gasteiger charge is -2.32. The number of likely N-dealkylation sites (N-methyl/N-ethyl adjacent to an activating group) is 1. The van der Waals surface area contributed by atoms with Crippen LogP contribution in [0.2, 0.25) is 0 Å². The zero-order valence-corrected chi connectivity index (χ0v) is 17.2. The molecule has 27 heavy (non-hydrogen) atoms. The molecule has 5 nitrogen and oxygen atoms in total. The van der Waals surface area contributed by atoms with E-state index in [0.717, 1.165) is 25.6 Å². The molecule has 2 N–H and O–H groups in total. The monoisotopic (exact) mass is 371 g/mol. The molecular formula is C22H37N5. The Labute approximate surface area is 165 Å². The number of benzene rings is 1. The first-order chi connectivity index (χ1) is 13.2. The van der Waals surface area contributed by atoms with Crippen molar-refractivity contribution in [1.29, 1.82) is 0 Å². The molecule has 1 aromatic rings. The minimum absolute atomic E-state index is 0.283. The fraction of sp³-hybridized carbons (Fsp3) is 0.682. The van der Waals surface area contributed by atoms with Crippen LogP contribution in [-0.4, -0.2) is 75.2 Å². The molecule has 1 saturated carbocycles. The van der Waals surface area contributed by atoms with Crippen LogP contribution in [0.25, 0.3) is 0 Å². The van der Waals surface area contributed by atoms with Gasteiger partial charge >= 0.3 is 0 Å². The Bertz CT molecular complexity index is 574. The molecule has 2 fully saturated rings. The summed E-state index contributed by atoms with van der Waals surface area (Å²) in [6.45, 7) is 11.0. The Hall–Kier alpha value is -1.59. The predicted octanol–water partition coefficient (Wildman–Crippen LogP) is 2.30. The van der Waals surface area contributed by atoms with Gasteiger partial charge in [0.1, 0.15) is 0 Å². The van der Waals surface area contributed by atoms with Gasteiger partial charge in [-0.15, -0.1) is 0 Å². The average molecular weight is 372 g/mol. The minimum Gasteiger partial charge on any atom is -0.357 e. The standard InChI is InChI=1S/C22H37N5/c1-3-23-21(24-13-7-8-14-27-17-15-26(2)16-18-27)25-19-22(11-12-22)20-9-5-4-6-10-20/h4-6,9-10H,3,7-8,11-19H2,1-2H3,(H2,23,24,25). The number of guanidine groups is 1. The molecule has 1 heterocycles. The van der Waals surface area contributed by atoms with Crippen molar-refractivity contribution in [3.63, 3.8) is 0 Å². The molecule has 0 aromatic heterocycles. The van der Waals surface area contributed by atoms with Gasteiger partial charge < -0.3 is 20.4 Å². The van der Waals surface area contributed by atoms with Gasteiger partial charge in [-0.05, 0) is 51.8 Å². The number of aliphatic imine (C=N–C) groups is 1. The first-order valence-corrected chi connectivity index (χ1v) is 10.7. The molecule has 1 aliphatic heterocycles. The fourth-order valence-corrected chi connectivity index (χ4v) is 3.79. The second kappa shape index (κ2) is 10.1. The molecule has 0 amide bonds. The van der Waals surface area contributed by atoms with Gasteiger partial charge in [0, 0.05) is 44.7 Å². The van der Waals surface area contributed by atoms with Crippen molar-refractivity contribution in [2.75, 3.05) is 59.4 Å². The van der Waals surface area contributed by atoms with Crippen LogP contribution in [-0.2, 0) is 5.41 Å². The van der Waals surface area contributed by atoms with Crippen LogP contribution in [0.5, 0.6) is 0 Å². The number of piperazine rings is 1. The lowest BCUT2D eigenvalue weighted by molar-refractivity contribution is 0.152. The second-order valence-corrected chi connectivity index (χ2v) is 8.12. The molecule has 1 aliphatic carbocycles. The maximum absolute atomic E-state index is 4.90. The van der Waals surface area contributed by atoms with E-state index in [1.165, 1.54) is 64.0 Å². The van der Waals surface area contributed by atoms with Gasteiger partial charge in [-0.1, -0.05) is 30.3 Å². The van der Waals surface area contributed by atoms with Crippen LogP contribution in [0.15, 0.2) is 35.3 Å². The van der Waals surface area contributed by atoms with E-state index in [9.17, 15) is 0 Å². The summed E-state index contributed by atoms with van der Waals surface area (Å²) in [4.78, 5) is 9.91. The van der Waals surface area contributed by atoms with Crippen molar-refractivity contribution in [2.24, 2.45) is 4.99 Å². The SMILES string of the molecule is CCNC(=NCC1(c2ccccc2)CC1)NCCCCN1CCN(C)CC1. The third-order valence-corrected chi connectivity index (χ3v) is 5.91. The lowest BCUT2D eigenvalue weighted by Crippen LogP contribution is -2.44. The van der Waals surface area contributed by atoms with Crippen molar-refractivity contribution in [2.45, 2.75) is 38.0 Å². The Morgan fingerprint density at radius 2 is 1.78 bits per heavy atom. The molecule has 0 unspecified atom stereocenters. The highest BCUT2D eigenvalue weighted by Crippen LogP contribution is 2.48. The molecular weight excluding hydrogens is 334 g/mol. The second-order valence-electron chi connectivity index (χ2n) is 8.12. The zero-order chi connectivity index (χ0) is 19.0. The van der Waals surface area contributed by atoms with Crippen molar-refractivity contribution in [3.8, 4) is 0 Å². The fourth-order valence-electron chi connectivity index (χ4n) is 3.79. The first-order valence-electron chi connectivity index (χ1n) is 10.7. The van der Waals surface area contributed by atoms with Crippen LogP contribution >= 0.6 is 0 Å². The summed E-state index contributed by atoms with van der Waals surface area (Å²) in [5.41, 5.74) is 1.72. The summed E-state index contributed by atoms with van der Waals surface area (Å²) >= 11 is 0. The lowest BCUT2D eigenvalue weighted by atomic mass is 9.96. The van der Waals surface area contributed by atoms with Crippen LogP contribution in [0.3, 0.4) is 0 Å². The molecule has 3 rings (SSSR count). The Balaban J connectivity index is 1.38. The molecule has 0 bridgehead atoms. The van der Waals surface area contributed by atoms with E-state index >= 15 is 0 Å². The Kier molecular flexibility index (Phi) is 7.53. The van der Waals surface area contributed by atoms with Crippen LogP contribution in [0, 0.1) is 0 Å². The van der Waals surface area contributed by atoms with Gasteiger partial charge in [-0.2, -0.15) is 0 Å². The van der Waals surface area contributed by atoms with Crippen molar-refractivity contribution in [1.82, 2.24) is 20.4 Å². The number of rotatable bonds is 9. The topological polar surface area (TPSA) is 42.9 Å². The van der Waals surface area contributed by atoms with Gasteiger partial charge in [0.05, 0.1) is 6.54 Å². The van der Waals surface area contributed by atoms with E-state index in [4.69, 9.17) is 4.99 Å². The Morgan fingerprint density at radius 1 is 1.04 bits per heavy atom. The van der Waals surface area contributed by atoms with Crippen LogP contribution in [0.1, 0.15) is 38.2 Å². The Morgan fingerprint density at radius 3 is 2.44 bits per heavy atom. The van der Waals surface area contributed by atoms with Crippen LogP contribution < -0.4 is 10.6 Å². The number of nitrogens with one attached hydrogen (secondary N) is 2. The van der Waals surface area contributed by atoms with E-state index in [0.29, 0.717) is 0 Å². The largest absolute Gasteiger partial charge is 0.357 e. The van der Waals surface area contributed by atoms with E-state index in [2.05, 4.69) is 64.7 Å². The van der Waals surface area contributed by atoms with Gasteiger partial charge in [-0.3, -0.25) is 4.99 Å². The van der Waals surface area contributed by atoms with Crippen molar-refractivity contribution in [3.05, 3.63) is 35.9 Å². The van der Waals surface area contributed by atoms with Crippen LogP contribution in [0.4, 0.5) is 0 Å². The average Bonchev–Trinajstić information content (AvgIpc) is 3.49. The minimum atomic E-state index is 0.283. The van der Waals surface area contributed by atoms with E-state index in [1.807, 2.05) is 0 Å². The summed E-state index contributed by atoms with van der Waals surface area (Å²) < 4.78 is 0. The molecule has 150 valence electrons. The summed E-state index contributed by atoms with van der Waals surface area (Å²) in [5.74, 6) is 0.972. The molecule has 2 aliphatic rings. The predicted molar refractivity (Wildman–Crippen MR) is 115 cm³/mol. The quantitative estimate of drug-likeness (QED) is 0.397. The number of unbranched alkanes of at least 4 members (excludes halogenated alkanes) is 1. The summed E-state index contributed by atoms with van der Waals surface area (Å²) in [6, 6.07) is 10.9. The molecule has 5 heteroatoms. The van der Waals surface area contributed by atoms with Gasteiger partial charge in [0.15, 0.2) is 5.96 Å².